The van der Waals surface area contributed by atoms with Crippen LogP contribution in [-0.4, -0.2) is 54.3 Å². The van der Waals surface area contributed by atoms with Gasteiger partial charge in [-0.15, -0.1) is 11.3 Å². The summed E-state index contributed by atoms with van der Waals surface area (Å²) in [4.78, 5) is 44.1. The van der Waals surface area contributed by atoms with Crippen LogP contribution in [-0.2, 0) is 31.1 Å². The molecule has 3 amide bonds. The van der Waals surface area contributed by atoms with Crippen molar-refractivity contribution >= 4 is 29.1 Å². The minimum absolute atomic E-state index is 0.0161. The molecule has 2 saturated heterocycles. The molecule has 2 aliphatic rings. The lowest BCUT2D eigenvalue weighted by Gasteiger charge is -2.35. The summed E-state index contributed by atoms with van der Waals surface area (Å²) in [5.74, 6) is -0.239. The van der Waals surface area contributed by atoms with Gasteiger partial charge >= 0.3 is 0 Å². The van der Waals surface area contributed by atoms with Crippen molar-refractivity contribution in [3.05, 3.63) is 58.3 Å². The molecular formula is C24H28N2O4S. The number of thiophene rings is 1. The zero-order chi connectivity index (χ0) is 21.8. The standard InChI is InChI=1S/C24H28N2O4S/c1-30-17-18-7-5-11-25(15-18)21(27)13-24(19-8-3-2-4-9-19)14-22(28)26(23(24)29)16-20-10-6-12-31-20/h2-4,6,8-10,12,18H,5,7,11,13-17H2,1H3/t18-,24-/m0/s1. The molecule has 0 bridgehead atoms. The van der Waals surface area contributed by atoms with E-state index in [0.717, 1.165) is 23.3 Å². The fourth-order valence-electron chi connectivity index (χ4n) is 4.78. The van der Waals surface area contributed by atoms with Gasteiger partial charge in [-0.2, -0.15) is 0 Å². The number of piperidine rings is 1. The van der Waals surface area contributed by atoms with Gasteiger partial charge in [-0.1, -0.05) is 36.4 Å². The van der Waals surface area contributed by atoms with Crippen molar-refractivity contribution in [2.45, 2.75) is 37.6 Å². The number of carbonyl (C=O) groups excluding carboxylic acids is 3. The zero-order valence-corrected chi connectivity index (χ0v) is 18.6. The Bertz CT molecular complexity index is 928. The van der Waals surface area contributed by atoms with Crippen LogP contribution in [0.5, 0.6) is 0 Å². The quantitative estimate of drug-likeness (QED) is 0.620. The van der Waals surface area contributed by atoms with Crippen molar-refractivity contribution in [1.29, 1.82) is 0 Å². The van der Waals surface area contributed by atoms with E-state index in [4.69, 9.17) is 4.74 Å². The van der Waals surface area contributed by atoms with Crippen molar-refractivity contribution in [2.75, 3.05) is 26.8 Å². The highest BCUT2D eigenvalue weighted by molar-refractivity contribution is 7.09. The second-order valence-electron chi connectivity index (χ2n) is 8.47. The normalized spacial score (nSPS) is 24.1. The monoisotopic (exact) mass is 440 g/mol. The number of likely N-dealkylation sites (tertiary alicyclic amines) is 2. The van der Waals surface area contributed by atoms with Crippen LogP contribution in [0.25, 0.3) is 0 Å². The molecule has 1 aromatic heterocycles. The van der Waals surface area contributed by atoms with Crippen LogP contribution in [0.2, 0.25) is 0 Å². The van der Waals surface area contributed by atoms with E-state index < -0.39 is 5.41 Å². The average molecular weight is 441 g/mol. The summed E-state index contributed by atoms with van der Waals surface area (Å²) in [5, 5.41) is 1.93. The Morgan fingerprint density at radius 3 is 2.71 bits per heavy atom. The Kier molecular flexibility index (Phi) is 6.53. The number of amides is 3. The summed E-state index contributed by atoms with van der Waals surface area (Å²) >= 11 is 1.52. The molecule has 31 heavy (non-hydrogen) atoms. The Hall–Kier alpha value is -2.51. The molecule has 1 aromatic carbocycles. The van der Waals surface area contributed by atoms with E-state index in [0.29, 0.717) is 25.6 Å². The molecule has 2 fully saturated rings. The van der Waals surface area contributed by atoms with Crippen LogP contribution < -0.4 is 0 Å². The van der Waals surface area contributed by atoms with E-state index in [1.165, 1.54) is 16.2 Å². The van der Waals surface area contributed by atoms with Crippen molar-refractivity contribution in [3.63, 3.8) is 0 Å². The lowest BCUT2D eigenvalue weighted by Crippen LogP contribution is -2.46. The van der Waals surface area contributed by atoms with Gasteiger partial charge in [-0.25, -0.2) is 0 Å². The molecule has 2 aliphatic heterocycles. The molecule has 7 heteroatoms. The fraction of sp³-hybridized carbons (Fsp3) is 0.458. The predicted molar refractivity (Wildman–Crippen MR) is 118 cm³/mol. The largest absolute Gasteiger partial charge is 0.384 e. The van der Waals surface area contributed by atoms with Gasteiger partial charge in [-0.05, 0) is 35.8 Å². The summed E-state index contributed by atoms with van der Waals surface area (Å²) in [6.45, 7) is 2.21. The molecule has 164 valence electrons. The SMILES string of the molecule is COC[C@H]1CCCN(C(=O)C[C@@]2(c3ccccc3)CC(=O)N(Cc3cccs3)C2=O)C1. The van der Waals surface area contributed by atoms with E-state index in [2.05, 4.69) is 0 Å². The Balaban J connectivity index is 1.60. The second kappa shape index (κ2) is 9.32. The molecule has 2 aromatic rings. The number of carbonyl (C=O) groups is 3. The summed E-state index contributed by atoms with van der Waals surface area (Å²) in [5.41, 5.74) is -0.401. The number of ether oxygens (including phenoxy) is 1. The highest BCUT2D eigenvalue weighted by atomic mass is 32.1. The number of hydrogen-bond acceptors (Lipinski definition) is 5. The van der Waals surface area contributed by atoms with Gasteiger partial charge in [-0.3, -0.25) is 19.3 Å². The average Bonchev–Trinajstić information content (AvgIpc) is 3.38. The van der Waals surface area contributed by atoms with Gasteiger partial charge in [0.25, 0.3) is 0 Å². The van der Waals surface area contributed by atoms with E-state index in [9.17, 15) is 14.4 Å². The minimum atomic E-state index is -1.14. The van der Waals surface area contributed by atoms with Crippen LogP contribution in [0.1, 0.15) is 36.1 Å². The van der Waals surface area contributed by atoms with Crippen molar-refractivity contribution < 1.29 is 19.1 Å². The Morgan fingerprint density at radius 2 is 2.00 bits per heavy atom. The maximum absolute atomic E-state index is 13.7. The van der Waals surface area contributed by atoms with Crippen molar-refractivity contribution in [2.24, 2.45) is 5.92 Å². The second-order valence-corrected chi connectivity index (χ2v) is 9.50. The molecular weight excluding hydrogens is 412 g/mol. The van der Waals surface area contributed by atoms with Crippen LogP contribution >= 0.6 is 11.3 Å². The lowest BCUT2D eigenvalue weighted by atomic mass is 9.75. The van der Waals surface area contributed by atoms with Crippen LogP contribution in [0.3, 0.4) is 0 Å². The third-order valence-corrected chi connectivity index (χ3v) is 7.22. The van der Waals surface area contributed by atoms with E-state index in [1.54, 1.807) is 7.11 Å². The van der Waals surface area contributed by atoms with E-state index in [1.807, 2.05) is 52.7 Å². The number of imide groups is 1. The number of hydrogen-bond donors (Lipinski definition) is 0. The highest BCUT2D eigenvalue weighted by Gasteiger charge is 2.54. The van der Waals surface area contributed by atoms with Crippen LogP contribution in [0.15, 0.2) is 47.8 Å². The summed E-state index contributed by atoms with van der Waals surface area (Å²) < 4.78 is 5.28. The first-order chi connectivity index (χ1) is 15.0. The molecule has 2 atom stereocenters. The third kappa shape index (κ3) is 4.43. The molecule has 0 unspecified atom stereocenters. The summed E-state index contributed by atoms with van der Waals surface area (Å²) in [6, 6.07) is 13.1. The first-order valence-electron chi connectivity index (χ1n) is 10.7. The van der Waals surface area contributed by atoms with Gasteiger partial charge in [0.05, 0.1) is 18.6 Å². The smallest absolute Gasteiger partial charge is 0.241 e. The summed E-state index contributed by atoms with van der Waals surface area (Å²) in [7, 11) is 1.68. The molecule has 4 rings (SSSR count). The summed E-state index contributed by atoms with van der Waals surface area (Å²) in [6.07, 6.45) is 2.01. The van der Waals surface area contributed by atoms with Crippen molar-refractivity contribution in [3.8, 4) is 0 Å². The van der Waals surface area contributed by atoms with Gasteiger partial charge in [0.1, 0.15) is 0 Å². The first kappa shape index (κ1) is 21.7. The Morgan fingerprint density at radius 1 is 1.19 bits per heavy atom. The maximum atomic E-state index is 13.7. The molecule has 0 N–H and O–H groups in total. The van der Waals surface area contributed by atoms with Crippen molar-refractivity contribution in [1.82, 2.24) is 9.80 Å². The molecule has 3 heterocycles. The van der Waals surface area contributed by atoms with Crippen LogP contribution in [0.4, 0.5) is 0 Å². The number of benzene rings is 1. The first-order valence-corrected chi connectivity index (χ1v) is 11.6. The zero-order valence-electron chi connectivity index (χ0n) is 17.8. The topological polar surface area (TPSA) is 66.9 Å². The van der Waals surface area contributed by atoms with Gasteiger partial charge < -0.3 is 9.64 Å². The third-order valence-electron chi connectivity index (χ3n) is 6.36. The minimum Gasteiger partial charge on any atom is -0.384 e. The molecule has 0 saturated carbocycles. The van der Waals surface area contributed by atoms with Gasteiger partial charge in [0, 0.05) is 37.9 Å². The highest BCUT2D eigenvalue weighted by Crippen LogP contribution is 2.41. The van der Waals surface area contributed by atoms with E-state index >= 15 is 0 Å². The van der Waals surface area contributed by atoms with Gasteiger partial charge in [0.2, 0.25) is 17.7 Å². The van der Waals surface area contributed by atoms with Crippen LogP contribution in [0, 0.1) is 5.92 Å². The lowest BCUT2D eigenvalue weighted by molar-refractivity contribution is -0.143. The van der Waals surface area contributed by atoms with E-state index in [-0.39, 0.29) is 37.1 Å². The molecule has 0 spiro atoms. The predicted octanol–water partition coefficient (Wildman–Crippen LogP) is 3.22. The molecule has 0 aliphatic carbocycles. The molecule has 6 nitrogen and oxygen atoms in total. The Labute approximate surface area is 186 Å². The fourth-order valence-corrected chi connectivity index (χ4v) is 5.47. The molecule has 0 radical (unpaired) electrons. The number of methoxy groups -OCH3 is 1. The maximum Gasteiger partial charge on any atom is 0.241 e. The number of nitrogens with zero attached hydrogens (tertiary/aromatic N) is 2. The number of rotatable bonds is 7. The van der Waals surface area contributed by atoms with Gasteiger partial charge in [0.15, 0.2) is 0 Å².